The number of rotatable bonds is 2. The molecule has 4 heteroatoms. The van der Waals surface area contributed by atoms with Gasteiger partial charge in [-0.1, -0.05) is 56.5 Å². The van der Waals surface area contributed by atoms with E-state index in [4.69, 9.17) is 11.5 Å². The summed E-state index contributed by atoms with van der Waals surface area (Å²) in [4.78, 5) is 12.1. The number of nitriles is 1. The summed E-state index contributed by atoms with van der Waals surface area (Å²) in [6.45, 7) is 4.08. The van der Waals surface area contributed by atoms with Gasteiger partial charge in [0, 0.05) is 11.5 Å². The predicted molar refractivity (Wildman–Crippen MR) is 117 cm³/mol. The van der Waals surface area contributed by atoms with E-state index >= 15 is 0 Å². The summed E-state index contributed by atoms with van der Waals surface area (Å²) in [7, 11) is 0. The second-order valence-electron chi connectivity index (χ2n) is 10.5. The normalized spacial score (nSPS) is 37.0. The Bertz CT molecular complexity index is 751. The number of carbonyl (C=O) groups is 1. The molecule has 1 aromatic rings. The summed E-state index contributed by atoms with van der Waals surface area (Å²) < 4.78 is 0. The van der Waals surface area contributed by atoms with Gasteiger partial charge in [0.15, 0.2) is 0 Å². The molecule has 1 amide bonds. The van der Waals surface area contributed by atoms with Crippen molar-refractivity contribution in [2.45, 2.75) is 89.5 Å². The number of hydrogen-bond acceptors (Lipinski definition) is 3. The maximum absolute atomic E-state index is 12.1. The van der Waals surface area contributed by atoms with Gasteiger partial charge in [-0.25, -0.2) is 0 Å². The topological polar surface area (TPSA) is 92.9 Å². The molecule has 0 spiro atoms. The number of fused-ring (bicyclic) bond motifs is 2. The molecule has 3 fully saturated rings. The van der Waals surface area contributed by atoms with Crippen LogP contribution < -0.4 is 11.5 Å². The smallest absolute Gasteiger partial charge is 0.223 e. The van der Waals surface area contributed by atoms with Gasteiger partial charge in [0.1, 0.15) is 0 Å². The van der Waals surface area contributed by atoms with Crippen molar-refractivity contribution in [3.8, 4) is 6.07 Å². The van der Waals surface area contributed by atoms with Crippen LogP contribution in [0.25, 0.3) is 0 Å². The number of primary amides is 1. The van der Waals surface area contributed by atoms with E-state index in [-0.39, 0.29) is 16.7 Å². The third-order valence-electron chi connectivity index (χ3n) is 7.52. The van der Waals surface area contributed by atoms with E-state index < -0.39 is 5.41 Å². The molecule has 3 saturated carbocycles. The molecule has 0 aliphatic heterocycles. The predicted octanol–water partition coefficient (Wildman–Crippen LogP) is 4.82. The minimum Gasteiger partial charge on any atom is -0.369 e. The first-order chi connectivity index (χ1) is 13.7. The zero-order valence-electron chi connectivity index (χ0n) is 18.1. The van der Waals surface area contributed by atoms with Gasteiger partial charge >= 0.3 is 0 Å². The van der Waals surface area contributed by atoms with Gasteiger partial charge in [-0.2, -0.15) is 5.26 Å². The van der Waals surface area contributed by atoms with Crippen LogP contribution in [0.4, 0.5) is 0 Å². The maximum Gasteiger partial charge on any atom is 0.223 e. The number of amides is 1. The highest BCUT2D eigenvalue weighted by molar-refractivity contribution is 5.80. The highest BCUT2D eigenvalue weighted by Crippen LogP contribution is 2.60. The van der Waals surface area contributed by atoms with Crippen molar-refractivity contribution in [3.05, 3.63) is 35.9 Å². The van der Waals surface area contributed by atoms with Gasteiger partial charge in [0.2, 0.25) is 5.91 Å². The minimum atomic E-state index is -0.463. The molecule has 2 bridgehead atoms. The van der Waals surface area contributed by atoms with E-state index in [0.29, 0.717) is 12.0 Å². The lowest BCUT2D eigenvalue weighted by molar-refractivity contribution is -0.133. The van der Waals surface area contributed by atoms with E-state index in [9.17, 15) is 10.1 Å². The van der Waals surface area contributed by atoms with Gasteiger partial charge in [-0.05, 0) is 68.8 Å². The van der Waals surface area contributed by atoms with E-state index in [1.165, 1.54) is 37.7 Å². The third kappa shape index (κ3) is 4.83. The molecule has 0 saturated heterocycles. The second kappa shape index (κ2) is 8.48. The first kappa shape index (κ1) is 21.8. The molecule has 4 nitrogen and oxygen atoms in total. The van der Waals surface area contributed by atoms with Crippen molar-refractivity contribution in [1.82, 2.24) is 0 Å². The Morgan fingerprint density at radius 3 is 2.21 bits per heavy atom. The molecular weight excluding hydrogens is 358 g/mol. The summed E-state index contributed by atoms with van der Waals surface area (Å²) >= 11 is 0. The average molecular weight is 396 g/mol. The Morgan fingerprint density at radius 2 is 1.69 bits per heavy atom. The molecule has 29 heavy (non-hydrogen) atoms. The Hall–Kier alpha value is -1.86. The van der Waals surface area contributed by atoms with Crippen LogP contribution in [0, 0.1) is 28.1 Å². The molecule has 1 aromatic carbocycles. The summed E-state index contributed by atoms with van der Waals surface area (Å²) in [5.41, 5.74) is 11.8. The van der Waals surface area contributed by atoms with Gasteiger partial charge in [-0.15, -0.1) is 0 Å². The van der Waals surface area contributed by atoms with Crippen LogP contribution in [0.2, 0.25) is 0 Å². The fourth-order valence-corrected chi connectivity index (χ4v) is 6.41. The number of nitrogens with two attached hydrogens (primary N) is 2. The molecule has 4 rings (SSSR count). The zero-order valence-corrected chi connectivity index (χ0v) is 18.1. The van der Waals surface area contributed by atoms with Crippen molar-refractivity contribution in [3.63, 3.8) is 0 Å². The van der Waals surface area contributed by atoms with Crippen LogP contribution in [-0.2, 0) is 10.2 Å². The van der Waals surface area contributed by atoms with Crippen LogP contribution in [0.15, 0.2) is 30.3 Å². The largest absolute Gasteiger partial charge is 0.369 e. The molecule has 158 valence electrons. The van der Waals surface area contributed by atoms with Gasteiger partial charge in [-0.3, -0.25) is 4.79 Å². The number of nitrogens with zero attached hydrogens (tertiary/aromatic N) is 1. The standard InChI is InChI=1S/C19H24N2O.C6H13N/c1-17(13-20)8-14-9-18(2,16(21)22)12-19(10-14,11-17)15-6-4-3-5-7-15;7-6-4-2-1-3-5-6/h3-7,14H,8-12H2,1-2H3,(H2,21,22);6H,1-5,7H2. The lowest BCUT2D eigenvalue weighted by Gasteiger charge is -2.55. The van der Waals surface area contributed by atoms with Crippen LogP contribution in [0.3, 0.4) is 0 Å². The Kier molecular flexibility index (Phi) is 6.39. The van der Waals surface area contributed by atoms with E-state index in [1.54, 1.807) is 0 Å². The second-order valence-corrected chi connectivity index (χ2v) is 10.5. The minimum absolute atomic E-state index is 0.101. The molecular formula is C25H37N3O. The maximum atomic E-state index is 12.1. The number of carbonyl (C=O) groups excluding carboxylic acids is 1. The van der Waals surface area contributed by atoms with Crippen LogP contribution in [-0.4, -0.2) is 11.9 Å². The fraction of sp³-hybridized carbons (Fsp3) is 0.680. The van der Waals surface area contributed by atoms with Crippen LogP contribution >= 0.6 is 0 Å². The third-order valence-corrected chi connectivity index (χ3v) is 7.52. The Morgan fingerprint density at radius 1 is 1.03 bits per heavy atom. The molecule has 4 atom stereocenters. The first-order valence-electron chi connectivity index (χ1n) is 11.2. The van der Waals surface area contributed by atoms with Crippen molar-refractivity contribution in [2.24, 2.45) is 28.2 Å². The van der Waals surface area contributed by atoms with Crippen molar-refractivity contribution < 1.29 is 4.79 Å². The lowest BCUT2D eigenvalue weighted by Crippen LogP contribution is -2.53. The molecule has 3 aliphatic carbocycles. The quantitative estimate of drug-likeness (QED) is 0.752. The zero-order chi connectivity index (χ0) is 21.1. The molecule has 0 radical (unpaired) electrons. The highest BCUT2D eigenvalue weighted by Gasteiger charge is 2.56. The van der Waals surface area contributed by atoms with Gasteiger partial charge in [0.05, 0.1) is 11.5 Å². The molecule has 0 heterocycles. The SMILES string of the molecule is CC1(C#N)CC2CC(C)(C(N)=O)CC(c3ccccc3)(C2)C1.NC1CCCCC1. The van der Waals surface area contributed by atoms with Crippen molar-refractivity contribution >= 4 is 5.91 Å². The van der Waals surface area contributed by atoms with Gasteiger partial charge < -0.3 is 11.5 Å². The van der Waals surface area contributed by atoms with E-state index in [1.807, 2.05) is 25.1 Å². The van der Waals surface area contributed by atoms with E-state index in [0.717, 1.165) is 32.1 Å². The summed E-state index contributed by atoms with van der Waals surface area (Å²) in [5.74, 6) is 0.197. The number of benzene rings is 1. The summed E-state index contributed by atoms with van der Waals surface area (Å²) in [6, 6.07) is 13.5. The first-order valence-corrected chi connectivity index (χ1v) is 11.2. The Balaban J connectivity index is 0.000000290. The monoisotopic (exact) mass is 395 g/mol. The summed E-state index contributed by atoms with van der Waals surface area (Å²) in [5, 5.41) is 9.66. The van der Waals surface area contributed by atoms with Crippen molar-refractivity contribution in [1.29, 1.82) is 5.26 Å². The molecule has 0 aromatic heterocycles. The van der Waals surface area contributed by atoms with E-state index in [2.05, 4.69) is 25.1 Å². The fourth-order valence-electron chi connectivity index (χ4n) is 6.41. The highest BCUT2D eigenvalue weighted by atomic mass is 16.1. The molecule has 4 unspecified atom stereocenters. The van der Waals surface area contributed by atoms with Crippen LogP contribution in [0.5, 0.6) is 0 Å². The Labute approximate surface area is 176 Å². The van der Waals surface area contributed by atoms with Crippen molar-refractivity contribution in [2.75, 3.05) is 0 Å². The molecule has 4 N–H and O–H groups in total. The summed E-state index contributed by atoms with van der Waals surface area (Å²) in [6.07, 6.45) is 11.0. The molecule has 3 aliphatic rings. The van der Waals surface area contributed by atoms with Crippen LogP contribution in [0.1, 0.15) is 83.6 Å². The number of hydrogen-bond donors (Lipinski definition) is 2. The van der Waals surface area contributed by atoms with Gasteiger partial charge in [0.25, 0.3) is 0 Å². The lowest BCUT2D eigenvalue weighted by atomic mass is 9.47. The average Bonchev–Trinajstić information content (AvgIpc) is 2.69.